The quantitative estimate of drug-likeness (QED) is 0.728. The molecule has 0 saturated carbocycles. The second-order valence-corrected chi connectivity index (χ2v) is 6.36. The molecule has 0 atom stereocenters. The Morgan fingerprint density at radius 2 is 1.71 bits per heavy atom. The van der Waals surface area contributed by atoms with Crippen molar-refractivity contribution in [2.45, 2.75) is 0 Å². The highest BCUT2D eigenvalue weighted by Crippen LogP contribution is 2.29. The van der Waals surface area contributed by atoms with Crippen LogP contribution in [-0.4, -0.2) is 10.9 Å². The average molecular weight is 359 g/mol. The third-order valence-electron chi connectivity index (χ3n) is 2.90. The van der Waals surface area contributed by atoms with Crippen molar-refractivity contribution in [1.82, 2.24) is 4.98 Å². The molecule has 2 aromatic heterocycles. The van der Waals surface area contributed by atoms with Crippen molar-refractivity contribution in [3.05, 3.63) is 70.3 Å². The predicted molar refractivity (Wildman–Crippen MR) is 89.6 cm³/mol. The van der Waals surface area contributed by atoms with Gasteiger partial charge in [-0.25, -0.2) is 0 Å². The molecule has 104 valence electrons. The summed E-state index contributed by atoms with van der Waals surface area (Å²) in [5.41, 5.74) is 1.85. The lowest BCUT2D eigenvalue weighted by atomic mass is 10.2. The van der Waals surface area contributed by atoms with E-state index in [1.54, 1.807) is 24.5 Å². The van der Waals surface area contributed by atoms with Crippen molar-refractivity contribution < 1.29 is 4.79 Å². The maximum atomic E-state index is 12.2. The molecule has 1 N–H and O–H groups in total. The van der Waals surface area contributed by atoms with Gasteiger partial charge in [0.25, 0.3) is 5.91 Å². The fourth-order valence-electron chi connectivity index (χ4n) is 1.86. The number of anilines is 1. The second kappa shape index (κ2) is 6.20. The van der Waals surface area contributed by atoms with Gasteiger partial charge in [-0.3, -0.25) is 9.78 Å². The number of amides is 1. The highest BCUT2D eigenvalue weighted by atomic mass is 79.9. The van der Waals surface area contributed by atoms with E-state index in [-0.39, 0.29) is 5.91 Å². The molecule has 0 fully saturated rings. The number of nitrogens with one attached hydrogen (secondary N) is 1. The number of benzene rings is 1. The summed E-state index contributed by atoms with van der Waals surface area (Å²) in [5.74, 6) is -0.102. The molecule has 0 spiro atoms. The average Bonchev–Trinajstić information content (AvgIpc) is 2.99. The molecular weight excluding hydrogens is 348 g/mol. The number of halogens is 1. The zero-order valence-corrected chi connectivity index (χ0v) is 13.3. The van der Waals surface area contributed by atoms with Crippen LogP contribution in [0.1, 0.15) is 9.67 Å². The van der Waals surface area contributed by atoms with Gasteiger partial charge in [-0.05, 0) is 42.0 Å². The number of hydrogen-bond donors (Lipinski definition) is 1. The topological polar surface area (TPSA) is 42.0 Å². The molecule has 0 bridgehead atoms. The van der Waals surface area contributed by atoms with Crippen LogP contribution in [0.3, 0.4) is 0 Å². The zero-order valence-electron chi connectivity index (χ0n) is 10.9. The maximum absolute atomic E-state index is 12.2. The fourth-order valence-corrected chi connectivity index (χ4v) is 3.03. The lowest BCUT2D eigenvalue weighted by Crippen LogP contribution is -2.09. The molecule has 2 heterocycles. The first-order valence-corrected chi connectivity index (χ1v) is 7.90. The van der Waals surface area contributed by atoms with E-state index in [1.807, 2.05) is 36.4 Å². The summed E-state index contributed by atoms with van der Waals surface area (Å²) in [6, 6.07) is 15.4. The van der Waals surface area contributed by atoms with E-state index in [9.17, 15) is 4.79 Å². The molecule has 0 unspecified atom stereocenters. The van der Waals surface area contributed by atoms with Crippen molar-refractivity contribution in [2.75, 3.05) is 5.32 Å². The summed E-state index contributed by atoms with van der Waals surface area (Å²) in [4.78, 5) is 17.9. The van der Waals surface area contributed by atoms with Gasteiger partial charge in [-0.2, -0.15) is 0 Å². The zero-order chi connectivity index (χ0) is 14.7. The molecule has 3 rings (SSSR count). The molecule has 21 heavy (non-hydrogen) atoms. The van der Waals surface area contributed by atoms with Gasteiger partial charge in [-0.1, -0.05) is 28.1 Å². The Morgan fingerprint density at radius 1 is 1.00 bits per heavy atom. The van der Waals surface area contributed by atoms with E-state index in [1.165, 1.54) is 11.3 Å². The fraction of sp³-hybridized carbons (Fsp3) is 0. The lowest BCUT2D eigenvalue weighted by Gasteiger charge is -2.02. The standard InChI is InChI=1S/C16H11BrN2OS/c17-12-3-1-11(2-4-12)14-5-6-15(21-14)16(20)19-13-7-9-18-10-8-13/h1-10H,(H,18,19,20). The van der Waals surface area contributed by atoms with Crippen molar-refractivity contribution in [3.8, 4) is 10.4 Å². The van der Waals surface area contributed by atoms with Gasteiger partial charge >= 0.3 is 0 Å². The molecule has 3 aromatic rings. The van der Waals surface area contributed by atoms with Gasteiger partial charge in [0.2, 0.25) is 0 Å². The largest absolute Gasteiger partial charge is 0.321 e. The first kappa shape index (κ1) is 14.0. The highest BCUT2D eigenvalue weighted by molar-refractivity contribution is 9.10. The first-order valence-electron chi connectivity index (χ1n) is 6.29. The lowest BCUT2D eigenvalue weighted by molar-refractivity contribution is 0.103. The smallest absolute Gasteiger partial charge is 0.265 e. The highest BCUT2D eigenvalue weighted by Gasteiger charge is 2.10. The Morgan fingerprint density at radius 3 is 2.43 bits per heavy atom. The second-order valence-electron chi connectivity index (χ2n) is 4.36. The number of carbonyl (C=O) groups is 1. The van der Waals surface area contributed by atoms with E-state index in [0.29, 0.717) is 4.88 Å². The molecule has 3 nitrogen and oxygen atoms in total. The Labute approximate surface area is 134 Å². The Balaban J connectivity index is 1.78. The predicted octanol–water partition coefficient (Wildman–Crippen LogP) is 4.82. The Bertz CT molecular complexity index is 753. The van der Waals surface area contributed by atoms with Crippen LogP contribution in [-0.2, 0) is 0 Å². The minimum absolute atomic E-state index is 0.102. The molecule has 0 aliphatic heterocycles. The Hall–Kier alpha value is -1.98. The summed E-state index contributed by atoms with van der Waals surface area (Å²) in [6.07, 6.45) is 3.30. The number of aromatic nitrogens is 1. The van der Waals surface area contributed by atoms with Crippen LogP contribution >= 0.6 is 27.3 Å². The van der Waals surface area contributed by atoms with Crippen LogP contribution in [0.4, 0.5) is 5.69 Å². The van der Waals surface area contributed by atoms with Gasteiger partial charge < -0.3 is 5.32 Å². The summed E-state index contributed by atoms with van der Waals surface area (Å²) in [7, 11) is 0. The first-order chi connectivity index (χ1) is 10.2. The summed E-state index contributed by atoms with van der Waals surface area (Å²) in [5, 5.41) is 2.86. The maximum Gasteiger partial charge on any atom is 0.265 e. The third kappa shape index (κ3) is 3.37. The van der Waals surface area contributed by atoms with Crippen molar-refractivity contribution in [1.29, 1.82) is 0 Å². The number of rotatable bonds is 3. The van der Waals surface area contributed by atoms with Gasteiger partial charge in [0.1, 0.15) is 0 Å². The van der Waals surface area contributed by atoms with Crippen LogP contribution in [0, 0.1) is 0 Å². The van der Waals surface area contributed by atoms with Crippen molar-refractivity contribution in [3.63, 3.8) is 0 Å². The van der Waals surface area contributed by atoms with Crippen LogP contribution in [0.5, 0.6) is 0 Å². The normalized spacial score (nSPS) is 10.3. The molecule has 0 aliphatic rings. The number of carbonyl (C=O) groups excluding carboxylic acids is 1. The monoisotopic (exact) mass is 358 g/mol. The molecule has 0 radical (unpaired) electrons. The Kier molecular flexibility index (Phi) is 4.13. The molecular formula is C16H11BrN2OS. The molecule has 1 amide bonds. The van der Waals surface area contributed by atoms with Gasteiger partial charge in [0.05, 0.1) is 4.88 Å². The van der Waals surface area contributed by atoms with E-state index in [4.69, 9.17) is 0 Å². The minimum atomic E-state index is -0.102. The minimum Gasteiger partial charge on any atom is -0.321 e. The number of hydrogen-bond acceptors (Lipinski definition) is 3. The molecule has 1 aromatic carbocycles. The molecule has 0 saturated heterocycles. The molecule has 0 aliphatic carbocycles. The summed E-state index contributed by atoms with van der Waals surface area (Å²) < 4.78 is 1.04. The summed E-state index contributed by atoms with van der Waals surface area (Å²) in [6.45, 7) is 0. The van der Waals surface area contributed by atoms with Crippen molar-refractivity contribution >= 4 is 38.9 Å². The third-order valence-corrected chi connectivity index (χ3v) is 4.56. The van der Waals surface area contributed by atoms with E-state index in [0.717, 1.165) is 20.6 Å². The van der Waals surface area contributed by atoms with Gasteiger partial charge in [0.15, 0.2) is 0 Å². The van der Waals surface area contributed by atoms with Crippen LogP contribution < -0.4 is 5.32 Å². The number of thiophene rings is 1. The summed E-state index contributed by atoms with van der Waals surface area (Å²) >= 11 is 4.89. The molecule has 5 heteroatoms. The van der Waals surface area contributed by atoms with Gasteiger partial charge in [-0.15, -0.1) is 11.3 Å². The van der Waals surface area contributed by atoms with E-state index in [2.05, 4.69) is 26.2 Å². The SMILES string of the molecule is O=C(Nc1ccncc1)c1ccc(-c2ccc(Br)cc2)s1. The van der Waals surface area contributed by atoms with E-state index < -0.39 is 0 Å². The van der Waals surface area contributed by atoms with Crippen molar-refractivity contribution in [2.24, 2.45) is 0 Å². The van der Waals surface area contributed by atoms with Gasteiger partial charge in [0, 0.05) is 27.4 Å². The van der Waals surface area contributed by atoms with Crippen LogP contribution in [0.2, 0.25) is 0 Å². The van der Waals surface area contributed by atoms with E-state index >= 15 is 0 Å². The van der Waals surface area contributed by atoms with Crippen LogP contribution in [0.25, 0.3) is 10.4 Å². The number of pyridine rings is 1. The van der Waals surface area contributed by atoms with Crippen LogP contribution in [0.15, 0.2) is 65.4 Å². The number of nitrogens with zero attached hydrogens (tertiary/aromatic N) is 1.